The van der Waals surface area contributed by atoms with Crippen molar-refractivity contribution < 1.29 is 23.9 Å². The van der Waals surface area contributed by atoms with Gasteiger partial charge in [0.15, 0.2) is 0 Å². The normalized spacial score (nSPS) is 17.6. The van der Waals surface area contributed by atoms with Crippen LogP contribution in [0.15, 0.2) is 90.1 Å². The number of ether oxygens (including phenoxy) is 2. The van der Waals surface area contributed by atoms with Crippen LogP contribution in [0.4, 0.5) is 4.79 Å². The van der Waals surface area contributed by atoms with Crippen LogP contribution in [0.25, 0.3) is 0 Å². The van der Waals surface area contributed by atoms with Gasteiger partial charge in [-0.2, -0.15) is 0 Å². The Balaban J connectivity index is 1.39. The SMILES string of the molecule is CCOC(=O)C1=C(CN2CCN(C(=O)c3ccccc3Cl)CC2)N(C)C(=O)NC1c1cccc(Oc2ccccc2)c1. The highest BCUT2D eigenvalue weighted by Gasteiger charge is 2.38. The molecule has 0 spiro atoms. The summed E-state index contributed by atoms with van der Waals surface area (Å²) in [6.07, 6.45) is 0. The number of urea groups is 1. The summed E-state index contributed by atoms with van der Waals surface area (Å²) >= 11 is 6.25. The zero-order valence-electron chi connectivity index (χ0n) is 23.6. The van der Waals surface area contributed by atoms with Gasteiger partial charge < -0.3 is 19.7 Å². The summed E-state index contributed by atoms with van der Waals surface area (Å²) in [4.78, 5) is 45.0. The van der Waals surface area contributed by atoms with Gasteiger partial charge >= 0.3 is 12.0 Å². The largest absolute Gasteiger partial charge is 0.463 e. The number of nitrogens with zero attached hydrogens (tertiary/aromatic N) is 3. The fourth-order valence-electron chi connectivity index (χ4n) is 5.16. The van der Waals surface area contributed by atoms with E-state index in [1.165, 1.54) is 4.90 Å². The molecule has 0 aromatic heterocycles. The summed E-state index contributed by atoms with van der Waals surface area (Å²) in [5, 5.41) is 3.39. The smallest absolute Gasteiger partial charge is 0.338 e. The van der Waals surface area contributed by atoms with Crippen LogP contribution in [0.2, 0.25) is 5.02 Å². The quantitative estimate of drug-likeness (QED) is 0.368. The summed E-state index contributed by atoms with van der Waals surface area (Å²) in [5.41, 5.74) is 2.10. The van der Waals surface area contributed by atoms with E-state index in [0.29, 0.717) is 71.6 Å². The molecule has 218 valence electrons. The number of rotatable bonds is 8. The van der Waals surface area contributed by atoms with Crippen molar-refractivity contribution in [1.82, 2.24) is 20.0 Å². The van der Waals surface area contributed by atoms with E-state index in [1.807, 2.05) is 54.6 Å². The third-order valence-electron chi connectivity index (χ3n) is 7.38. The van der Waals surface area contributed by atoms with Crippen LogP contribution in [0.1, 0.15) is 28.9 Å². The lowest BCUT2D eigenvalue weighted by Gasteiger charge is -2.39. The molecule has 0 saturated carbocycles. The number of esters is 1. The standard InChI is InChI=1S/C32H33ClN4O5/c1-3-41-31(39)28-27(21-36-16-18-37(19-17-36)30(38)25-14-7-8-15-26(25)33)35(2)32(40)34-29(28)22-10-9-13-24(20-22)42-23-11-5-4-6-12-23/h4-15,20,29H,3,16-19,21H2,1-2H3,(H,34,40). The first-order valence-corrected chi connectivity index (χ1v) is 14.3. The fourth-order valence-corrected chi connectivity index (χ4v) is 5.37. The van der Waals surface area contributed by atoms with Crippen molar-refractivity contribution in [2.75, 3.05) is 46.4 Å². The Morgan fingerprint density at radius 2 is 1.62 bits per heavy atom. The number of para-hydroxylation sites is 1. The minimum atomic E-state index is -0.731. The highest BCUT2D eigenvalue weighted by molar-refractivity contribution is 6.33. The van der Waals surface area contributed by atoms with Gasteiger partial charge in [-0.15, -0.1) is 0 Å². The van der Waals surface area contributed by atoms with Crippen molar-refractivity contribution in [3.05, 3.63) is 106 Å². The van der Waals surface area contributed by atoms with Crippen LogP contribution in [-0.2, 0) is 9.53 Å². The Hall–Kier alpha value is -4.34. The van der Waals surface area contributed by atoms with Crippen LogP contribution in [-0.4, -0.2) is 79.0 Å². The van der Waals surface area contributed by atoms with Crippen molar-refractivity contribution in [3.63, 3.8) is 0 Å². The highest BCUT2D eigenvalue weighted by Crippen LogP contribution is 2.34. The minimum absolute atomic E-state index is 0.112. The first-order valence-electron chi connectivity index (χ1n) is 13.9. The van der Waals surface area contributed by atoms with E-state index >= 15 is 0 Å². The molecular formula is C32H33ClN4O5. The monoisotopic (exact) mass is 588 g/mol. The predicted molar refractivity (Wildman–Crippen MR) is 159 cm³/mol. The van der Waals surface area contributed by atoms with Crippen molar-refractivity contribution in [1.29, 1.82) is 0 Å². The number of carbonyl (C=O) groups excluding carboxylic acids is 3. The maximum absolute atomic E-state index is 13.4. The fraction of sp³-hybridized carbons (Fsp3) is 0.281. The second-order valence-corrected chi connectivity index (χ2v) is 10.5. The lowest BCUT2D eigenvalue weighted by atomic mass is 9.94. The lowest BCUT2D eigenvalue weighted by Crippen LogP contribution is -2.53. The van der Waals surface area contributed by atoms with E-state index < -0.39 is 12.0 Å². The van der Waals surface area contributed by atoms with Gasteiger partial charge in [0.25, 0.3) is 5.91 Å². The summed E-state index contributed by atoms with van der Waals surface area (Å²) in [6.45, 7) is 4.39. The van der Waals surface area contributed by atoms with Crippen molar-refractivity contribution in [2.45, 2.75) is 13.0 Å². The van der Waals surface area contributed by atoms with Crippen LogP contribution >= 0.6 is 11.6 Å². The molecule has 10 heteroatoms. The predicted octanol–water partition coefficient (Wildman–Crippen LogP) is 5.10. The van der Waals surface area contributed by atoms with Gasteiger partial charge in [0.2, 0.25) is 0 Å². The van der Waals surface area contributed by atoms with Crippen LogP contribution in [0.3, 0.4) is 0 Å². The molecule has 3 aromatic rings. The van der Waals surface area contributed by atoms with Gasteiger partial charge in [0.05, 0.1) is 28.8 Å². The Kier molecular flexibility index (Phi) is 9.09. The molecule has 9 nitrogen and oxygen atoms in total. The van der Waals surface area contributed by atoms with Gasteiger partial charge in [-0.1, -0.05) is 54.1 Å². The van der Waals surface area contributed by atoms with Crippen LogP contribution in [0.5, 0.6) is 11.5 Å². The molecule has 3 amide bonds. The van der Waals surface area contributed by atoms with E-state index in [4.69, 9.17) is 21.1 Å². The summed E-state index contributed by atoms with van der Waals surface area (Å²) in [6, 6.07) is 22.7. The molecule has 2 heterocycles. The van der Waals surface area contributed by atoms with Crippen molar-refractivity contribution in [2.24, 2.45) is 0 Å². The number of hydrogen-bond acceptors (Lipinski definition) is 6. The summed E-state index contributed by atoms with van der Waals surface area (Å²) in [5.74, 6) is 0.650. The van der Waals surface area contributed by atoms with Gasteiger partial charge in [-0.3, -0.25) is 14.6 Å². The Bertz CT molecular complexity index is 1490. The molecule has 3 aromatic carbocycles. The molecule has 1 fully saturated rings. The Morgan fingerprint density at radius 3 is 2.33 bits per heavy atom. The maximum Gasteiger partial charge on any atom is 0.338 e. The summed E-state index contributed by atoms with van der Waals surface area (Å²) < 4.78 is 11.5. The molecule has 1 atom stereocenters. The van der Waals surface area contributed by atoms with E-state index in [0.717, 1.165) is 0 Å². The van der Waals surface area contributed by atoms with Gasteiger partial charge in [0.1, 0.15) is 11.5 Å². The number of amides is 3. The van der Waals surface area contributed by atoms with Crippen LogP contribution < -0.4 is 10.1 Å². The van der Waals surface area contributed by atoms with Crippen molar-refractivity contribution in [3.8, 4) is 11.5 Å². The number of piperazine rings is 1. The number of carbonyl (C=O) groups is 3. The number of likely N-dealkylation sites (N-methyl/N-ethyl adjacent to an activating group) is 1. The molecule has 2 aliphatic rings. The molecule has 1 unspecified atom stereocenters. The summed E-state index contributed by atoms with van der Waals surface area (Å²) in [7, 11) is 1.65. The zero-order valence-corrected chi connectivity index (χ0v) is 24.3. The first kappa shape index (κ1) is 29.2. The van der Waals surface area contributed by atoms with Gasteiger partial charge in [0, 0.05) is 45.5 Å². The molecule has 1 saturated heterocycles. The maximum atomic E-state index is 13.4. The molecule has 0 bridgehead atoms. The molecular weight excluding hydrogens is 556 g/mol. The van der Waals surface area contributed by atoms with E-state index in [9.17, 15) is 14.4 Å². The van der Waals surface area contributed by atoms with Gasteiger partial charge in [-0.05, 0) is 48.9 Å². The molecule has 0 radical (unpaired) electrons. The molecule has 5 rings (SSSR count). The molecule has 0 aliphatic carbocycles. The third kappa shape index (κ3) is 6.42. The van der Waals surface area contributed by atoms with E-state index in [2.05, 4.69) is 10.2 Å². The minimum Gasteiger partial charge on any atom is -0.463 e. The Labute approximate surface area is 250 Å². The lowest BCUT2D eigenvalue weighted by molar-refractivity contribution is -0.139. The number of halogens is 1. The van der Waals surface area contributed by atoms with E-state index in [-0.39, 0.29) is 18.5 Å². The molecule has 1 N–H and O–H groups in total. The van der Waals surface area contributed by atoms with Gasteiger partial charge in [-0.25, -0.2) is 9.59 Å². The first-order chi connectivity index (χ1) is 20.4. The van der Waals surface area contributed by atoms with Crippen molar-refractivity contribution >= 4 is 29.5 Å². The van der Waals surface area contributed by atoms with Crippen LogP contribution in [0, 0.1) is 0 Å². The highest BCUT2D eigenvalue weighted by atomic mass is 35.5. The Morgan fingerprint density at radius 1 is 0.929 bits per heavy atom. The second-order valence-electron chi connectivity index (χ2n) is 10.1. The molecule has 42 heavy (non-hydrogen) atoms. The third-order valence-corrected chi connectivity index (χ3v) is 7.71. The zero-order chi connectivity index (χ0) is 29.6. The second kappa shape index (κ2) is 13.1. The van der Waals surface area contributed by atoms with E-state index in [1.54, 1.807) is 43.1 Å². The molecule has 2 aliphatic heterocycles. The number of nitrogens with one attached hydrogen (secondary N) is 1. The number of benzene rings is 3. The average molecular weight is 589 g/mol. The number of hydrogen-bond donors (Lipinski definition) is 1. The topological polar surface area (TPSA) is 91.4 Å². The average Bonchev–Trinajstić information content (AvgIpc) is 3.00.